The summed E-state index contributed by atoms with van der Waals surface area (Å²) in [5, 5.41) is 0.718. The van der Waals surface area contributed by atoms with Gasteiger partial charge >= 0.3 is 0 Å². The molecule has 2 aliphatic heterocycles. The number of anilines is 1. The summed E-state index contributed by atoms with van der Waals surface area (Å²) in [6.45, 7) is 0. The molecule has 2 saturated heterocycles. The first-order valence-electron chi connectivity index (χ1n) is 8.59. The van der Waals surface area contributed by atoms with Crippen LogP contribution in [0.15, 0.2) is 53.5 Å². The van der Waals surface area contributed by atoms with Crippen molar-refractivity contribution in [2.75, 3.05) is 16.4 Å². The number of carbonyl (C=O) groups is 1. The summed E-state index contributed by atoms with van der Waals surface area (Å²) >= 11 is 7.63. The van der Waals surface area contributed by atoms with Crippen molar-refractivity contribution in [3.8, 4) is 0 Å². The molecule has 28 heavy (non-hydrogen) atoms. The molecule has 0 aliphatic carbocycles. The van der Waals surface area contributed by atoms with Crippen molar-refractivity contribution in [1.29, 1.82) is 0 Å². The van der Waals surface area contributed by atoms with Crippen LogP contribution in [0, 0.1) is 5.82 Å². The van der Waals surface area contributed by atoms with Gasteiger partial charge in [-0.2, -0.15) is 4.99 Å². The number of aliphatic imine (C=N–C) groups is 1. The summed E-state index contributed by atoms with van der Waals surface area (Å²) in [4.78, 5) is 18.5. The number of rotatable bonds is 3. The molecule has 4 rings (SSSR count). The molecule has 0 unspecified atom stereocenters. The molecule has 0 spiro atoms. The fraction of sp³-hybridized carbons (Fsp3) is 0.263. The Kier molecular flexibility index (Phi) is 5.20. The van der Waals surface area contributed by atoms with Crippen LogP contribution in [0.1, 0.15) is 5.56 Å². The van der Waals surface area contributed by atoms with Gasteiger partial charge in [0.15, 0.2) is 15.0 Å². The van der Waals surface area contributed by atoms with Crippen LogP contribution in [0.5, 0.6) is 0 Å². The second-order valence-electron chi connectivity index (χ2n) is 6.71. The van der Waals surface area contributed by atoms with E-state index in [1.54, 1.807) is 41.3 Å². The molecular formula is C19H16ClFN2O3S2. The van der Waals surface area contributed by atoms with Gasteiger partial charge in [-0.15, -0.1) is 0 Å². The number of hydrogen-bond donors (Lipinski definition) is 0. The molecule has 2 aromatic rings. The highest BCUT2D eigenvalue weighted by Crippen LogP contribution is 2.42. The first kappa shape index (κ1) is 19.4. The summed E-state index contributed by atoms with van der Waals surface area (Å²) in [5.41, 5.74) is 1.29. The molecular weight excluding hydrogens is 423 g/mol. The summed E-state index contributed by atoms with van der Waals surface area (Å²) in [7, 11) is -3.14. The molecule has 2 aromatic carbocycles. The molecule has 5 nitrogen and oxygen atoms in total. The minimum Gasteiger partial charge on any atom is -0.314 e. The van der Waals surface area contributed by atoms with Gasteiger partial charge in [-0.25, -0.2) is 12.8 Å². The summed E-state index contributed by atoms with van der Waals surface area (Å²) in [5.74, 6) is -0.697. The van der Waals surface area contributed by atoms with E-state index in [-0.39, 0.29) is 40.9 Å². The standard InChI is InChI=1S/C19H16ClFN2O3S2/c20-14-3-1-2-4-15(14)23-16-10-28(25,26)11-17(16)27-19(23)22-18(24)9-12-5-7-13(21)8-6-12/h1-8,16-17H,9-11H2/t16-,17-/m1/s1. The lowest BCUT2D eigenvalue weighted by Crippen LogP contribution is -2.38. The third-order valence-corrected chi connectivity index (χ3v) is 8.20. The van der Waals surface area contributed by atoms with Gasteiger partial charge in [0.05, 0.1) is 34.7 Å². The second-order valence-corrected chi connectivity index (χ2v) is 10.5. The number of carbonyl (C=O) groups excluding carboxylic acids is 1. The van der Waals surface area contributed by atoms with Crippen LogP contribution in [0.2, 0.25) is 5.02 Å². The number of halogens is 2. The Labute approximate surface area is 171 Å². The zero-order valence-electron chi connectivity index (χ0n) is 14.6. The zero-order valence-corrected chi connectivity index (χ0v) is 17.0. The van der Waals surface area contributed by atoms with Gasteiger partial charge in [-0.1, -0.05) is 47.6 Å². The molecule has 0 bridgehead atoms. The molecule has 9 heteroatoms. The van der Waals surface area contributed by atoms with Crippen molar-refractivity contribution in [2.45, 2.75) is 17.7 Å². The third-order valence-electron chi connectivity index (χ3n) is 4.67. The van der Waals surface area contributed by atoms with E-state index >= 15 is 0 Å². The average molecular weight is 439 g/mol. The fourth-order valence-electron chi connectivity index (χ4n) is 3.42. The summed E-state index contributed by atoms with van der Waals surface area (Å²) in [6.07, 6.45) is 0.0360. The van der Waals surface area contributed by atoms with Crippen LogP contribution < -0.4 is 4.90 Å². The van der Waals surface area contributed by atoms with Crippen molar-refractivity contribution < 1.29 is 17.6 Å². The van der Waals surface area contributed by atoms with Crippen LogP contribution >= 0.6 is 23.4 Å². The molecule has 2 atom stereocenters. The topological polar surface area (TPSA) is 66.8 Å². The van der Waals surface area contributed by atoms with Crippen LogP contribution in [0.4, 0.5) is 10.1 Å². The number of amides is 1. The Morgan fingerprint density at radius 1 is 1.18 bits per heavy atom. The molecule has 2 aliphatic rings. The van der Waals surface area contributed by atoms with Gasteiger partial charge in [0.1, 0.15) is 5.82 Å². The van der Waals surface area contributed by atoms with Gasteiger partial charge in [-0.3, -0.25) is 4.79 Å². The van der Waals surface area contributed by atoms with E-state index in [2.05, 4.69) is 4.99 Å². The minimum atomic E-state index is -3.14. The number of hydrogen-bond acceptors (Lipinski definition) is 4. The maximum Gasteiger partial charge on any atom is 0.252 e. The van der Waals surface area contributed by atoms with Gasteiger partial charge in [0, 0.05) is 5.25 Å². The molecule has 1 amide bonds. The van der Waals surface area contributed by atoms with Crippen LogP contribution in [0.25, 0.3) is 0 Å². The molecule has 146 valence electrons. The Hall–Kier alpha value is -1.90. The maximum atomic E-state index is 13.0. The number of fused-ring (bicyclic) bond motifs is 1. The van der Waals surface area contributed by atoms with E-state index in [4.69, 9.17) is 11.6 Å². The number of thioether (sulfide) groups is 1. The van der Waals surface area contributed by atoms with Crippen molar-refractivity contribution in [2.24, 2.45) is 4.99 Å². The lowest BCUT2D eigenvalue weighted by Gasteiger charge is -2.25. The fourth-order valence-corrected chi connectivity index (χ4v) is 7.57. The van der Waals surface area contributed by atoms with Crippen molar-refractivity contribution in [1.82, 2.24) is 0 Å². The maximum absolute atomic E-state index is 13.0. The monoisotopic (exact) mass is 438 g/mol. The lowest BCUT2D eigenvalue weighted by atomic mass is 10.1. The molecule has 2 heterocycles. The largest absolute Gasteiger partial charge is 0.314 e. The normalized spacial score (nSPS) is 24.5. The number of para-hydroxylation sites is 1. The Morgan fingerprint density at radius 3 is 2.61 bits per heavy atom. The van der Waals surface area contributed by atoms with Gasteiger partial charge in [0.2, 0.25) is 0 Å². The predicted molar refractivity (Wildman–Crippen MR) is 110 cm³/mol. The number of nitrogens with zero attached hydrogens (tertiary/aromatic N) is 2. The lowest BCUT2D eigenvalue weighted by molar-refractivity contribution is -0.117. The molecule has 2 fully saturated rings. The summed E-state index contributed by atoms with van der Waals surface area (Å²) < 4.78 is 37.2. The minimum absolute atomic E-state index is 0.00105. The van der Waals surface area contributed by atoms with Crippen LogP contribution in [0.3, 0.4) is 0 Å². The number of benzene rings is 2. The van der Waals surface area contributed by atoms with Gasteiger partial charge in [-0.05, 0) is 29.8 Å². The highest BCUT2D eigenvalue weighted by Gasteiger charge is 2.49. The molecule has 0 saturated carbocycles. The van der Waals surface area contributed by atoms with Crippen molar-refractivity contribution in [3.05, 3.63) is 64.9 Å². The molecule has 0 aromatic heterocycles. The van der Waals surface area contributed by atoms with E-state index in [0.29, 0.717) is 21.4 Å². The SMILES string of the molecule is O=C(Cc1ccc(F)cc1)N=C1S[C@@H]2CS(=O)(=O)C[C@H]2N1c1ccccc1Cl. The Bertz CT molecular complexity index is 1060. The van der Waals surface area contributed by atoms with Crippen molar-refractivity contribution in [3.63, 3.8) is 0 Å². The molecule has 0 N–H and O–H groups in total. The highest BCUT2D eigenvalue weighted by molar-refractivity contribution is 8.16. The van der Waals surface area contributed by atoms with Crippen LogP contribution in [-0.4, -0.2) is 42.3 Å². The Balaban J connectivity index is 1.65. The van der Waals surface area contributed by atoms with E-state index in [1.165, 1.54) is 23.9 Å². The predicted octanol–water partition coefficient (Wildman–Crippen LogP) is 3.32. The van der Waals surface area contributed by atoms with Gasteiger partial charge < -0.3 is 4.90 Å². The van der Waals surface area contributed by atoms with Crippen LogP contribution in [-0.2, 0) is 21.1 Å². The van der Waals surface area contributed by atoms with E-state index in [0.717, 1.165) is 0 Å². The number of amidine groups is 1. The first-order chi connectivity index (χ1) is 13.3. The highest BCUT2D eigenvalue weighted by atomic mass is 35.5. The zero-order chi connectivity index (χ0) is 19.9. The molecule has 0 radical (unpaired) electrons. The quantitative estimate of drug-likeness (QED) is 0.735. The summed E-state index contributed by atoms with van der Waals surface area (Å²) in [6, 6.07) is 12.5. The van der Waals surface area contributed by atoms with E-state index in [1.807, 2.05) is 0 Å². The first-order valence-corrected chi connectivity index (χ1v) is 11.7. The average Bonchev–Trinajstić information content (AvgIpc) is 3.08. The smallest absolute Gasteiger partial charge is 0.252 e. The van der Waals surface area contributed by atoms with E-state index < -0.39 is 9.84 Å². The Morgan fingerprint density at radius 2 is 1.89 bits per heavy atom. The van der Waals surface area contributed by atoms with E-state index in [9.17, 15) is 17.6 Å². The van der Waals surface area contributed by atoms with Crippen molar-refractivity contribution >= 4 is 50.0 Å². The second kappa shape index (κ2) is 7.50. The van der Waals surface area contributed by atoms with Gasteiger partial charge in [0.25, 0.3) is 5.91 Å². The number of sulfone groups is 1. The third kappa shape index (κ3) is 3.94.